The standard InChI is InChI=1S/C21H27N3OS.ClH/c25-21(23-11-4-14-24-15-12-22-13-16-24)19-7-9-20(10-8-19)26-17-18-5-2-1-3-6-18;/h1-3,5-10,22H,4,11-17H2,(H,23,25);1H. The van der Waals surface area contributed by atoms with Gasteiger partial charge in [-0.1, -0.05) is 30.3 Å². The highest BCUT2D eigenvalue weighted by molar-refractivity contribution is 7.98. The van der Waals surface area contributed by atoms with E-state index in [-0.39, 0.29) is 18.3 Å². The fraction of sp³-hybridized carbons (Fsp3) is 0.381. The Kier molecular flexibility index (Phi) is 9.70. The Balaban J connectivity index is 0.00000261. The number of halogens is 1. The molecule has 2 aromatic rings. The molecule has 0 unspecified atom stereocenters. The SMILES string of the molecule is Cl.O=C(NCCCN1CCNCC1)c1ccc(SCc2ccccc2)cc1. The molecular weight excluding hydrogens is 378 g/mol. The molecule has 6 heteroatoms. The molecule has 3 rings (SSSR count). The minimum atomic E-state index is 0. The molecule has 1 aliphatic heterocycles. The molecular formula is C21H28ClN3OS. The maximum Gasteiger partial charge on any atom is 0.251 e. The smallest absolute Gasteiger partial charge is 0.251 e. The predicted octanol–water partition coefficient (Wildman–Crippen LogP) is 3.43. The van der Waals surface area contributed by atoms with Gasteiger partial charge in [0.15, 0.2) is 0 Å². The Morgan fingerprint density at radius 3 is 2.44 bits per heavy atom. The lowest BCUT2D eigenvalue weighted by Gasteiger charge is -2.27. The molecule has 1 fully saturated rings. The Morgan fingerprint density at radius 2 is 1.74 bits per heavy atom. The normalized spacial score (nSPS) is 14.4. The van der Waals surface area contributed by atoms with E-state index in [1.54, 1.807) is 11.8 Å². The second kappa shape index (κ2) is 12.0. The number of thioether (sulfide) groups is 1. The monoisotopic (exact) mass is 405 g/mol. The van der Waals surface area contributed by atoms with Gasteiger partial charge in [-0.05, 0) is 42.8 Å². The largest absolute Gasteiger partial charge is 0.352 e. The first-order valence-electron chi connectivity index (χ1n) is 9.29. The molecule has 2 aromatic carbocycles. The number of piperazine rings is 1. The summed E-state index contributed by atoms with van der Waals surface area (Å²) < 4.78 is 0. The van der Waals surface area contributed by atoms with Crippen LogP contribution in [0.4, 0.5) is 0 Å². The summed E-state index contributed by atoms with van der Waals surface area (Å²) in [4.78, 5) is 15.9. The number of amides is 1. The summed E-state index contributed by atoms with van der Waals surface area (Å²) in [6.07, 6.45) is 0.997. The molecule has 1 heterocycles. The molecule has 0 radical (unpaired) electrons. The van der Waals surface area contributed by atoms with Crippen LogP contribution in [0.3, 0.4) is 0 Å². The summed E-state index contributed by atoms with van der Waals surface area (Å²) in [5, 5.41) is 6.38. The summed E-state index contributed by atoms with van der Waals surface area (Å²) in [5.74, 6) is 0.961. The van der Waals surface area contributed by atoms with Crippen LogP contribution >= 0.6 is 24.2 Å². The van der Waals surface area contributed by atoms with Crippen LogP contribution in [0, 0.1) is 0 Å². The van der Waals surface area contributed by atoms with E-state index < -0.39 is 0 Å². The maximum atomic E-state index is 12.2. The van der Waals surface area contributed by atoms with Gasteiger partial charge in [-0.15, -0.1) is 24.2 Å². The van der Waals surface area contributed by atoms with Crippen LogP contribution in [0.5, 0.6) is 0 Å². The van der Waals surface area contributed by atoms with Crippen LogP contribution in [0.2, 0.25) is 0 Å². The number of carbonyl (C=O) groups is 1. The summed E-state index contributed by atoms with van der Waals surface area (Å²) >= 11 is 1.79. The molecule has 2 N–H and O–H groups in total. The topological polar surface area (TPSA) is 44.4 Å². The van der Waals surface area contributed by atoms with E-state index in [2.05, 4.69) is 39.8 Å². The number of rotatable bonds is 8. The Labute approximate surface area is 172 Å². The fourth-order valence-electron chi connectivity index (χ4n) is 2.98. The first kappa shape index (κ1) is 21.8. The third kappa shape index (κ3) is 7.54. The molecule has 0 aliphatic carbocycles. The van der Waals surface area contributed by atoms with Crippen molar-refractivity contribution in [2.45, 2.75) is 17.1 Å². The highest BCUT2D eigenvalue weighted by Gasteiger charge is 2.09. The number of carbonyl (C=O) groups excluding carboxylic acids is 1. The quantitative estimate of drug-likeness (QED) is 0.521. The fourth-order valence-corrected chi connectivity index (χ4v) is 3.84. The second-order valence-corrected chi connectivity index (χ2v) is 7.55. The first-order valence-corrected chi connectivity index (χ1v) is 10.3. The number of hydrogen-bond acceptors (Lipinski definition) is 4. The number of nitrogens with zero attached hydrogens (tertiary/aromatic N) is 1. The van der Waals surface area contributed by atoms with Crippen LogP contribution in [0.25, 0.3) is 0 Å². The van der Waals surface area contributed by atoms with Gasteiger partial charge < -0.3 is 15.5 Å². The number of hydrogen-bond donors (Lipinski definition) is 2. The average molecular weight is 406 g/mol. The molecule has 0 aromatic heterocycles. The Morgan fingerprint density at radius 1 is 1.04 bits per heavy atom. The number of benzene rings is 2. The molecule has 146 valence electrons. The van der Waals surface area contributed by atoms with Crippen molar-refractivity contribution in [2.24, 2.45) is 0 Å². The third-order valence-electron chi connectivity index (χ3n) is 4.51. The first-order chi connectivity index (χ1) is 12.8. The van der Waals surface area contributed by atoms with Gasteiger partial charge in [-0.2, -0.15) is 0 Å². The molecule has 1 saturated heterocycles. The van der Waals surface area contributed by atoms with Crippen LogP contribution < -0.4 is 10.6 Å². The van der Waals surface area contributed by atoms with Gasteiger partial charge in [0, 0.05) is 48.9 Å². The zero-order chi connectivity index (χ0) is 18.0. The van der Waals surface area contributed by atoms with Crippen molar-refractivity contribution in [1.29, 1.82) is 0 Å². The highest BCUT2D eigenvalue weighted by Crippen LogP contribution is 2.22. The summed E-state index contributed by atoms with van der Waals surface area (Å²) in [6.45, 7) is 6.14. The van der Waals surface area contributed by atoms with Crippen molar-refractivity contribution >= 4 is 30.1 Å². The lowest BCUT2D eigenvalue weighted by molar-refractivity contribution is 0.0951. The van der Waals surface area contributed by atoms with Crippen molar-refractivity contribution in [3.63, 3.8) is 0 Å². The Hall–Kier alpha value is -1.53. The zero-order valence-electron chi connectivity index (χ0n) is 15.5. The van der Waals surface area contributed by atoms with Gasteiger partial charge in [0.2, 0.25) is 0 Å². The molecule has 1 aliphatic rings. The van der Waals surface area contributed by atoms with E-state index in [0.717, 1.165) is 57.0 Å². The van der Waals surface area contributed by atoms with Gasteiger partial charge in [-0.3, -0.25) is 4.79 Å². The van der Waals surface area contributed by atoms with Crippen LogP contribution in [-0.2, 0) is 5.75 Å². The minimum absolute atomic E-state index is 0. The lowest BCUT2D eigenvalue weighted by atomic mass is 10.2. The van der Waals surface area contributed by atoms with E-state index in [0.29, 0.717) is 0 Å². The molecule has 4 nitrogen and oxygen atoms in total. The van der Waals surface area contributed by atoms with Crippen molar-refractivity contribution < 1.29 is 4.79 Å². The van der Waals surface area contributed by atoms with Crippen molar-refractivity contribution in [3.8, 4) is 0 Å². The van der Waals surface area contributed by atoms with E-state index in [1.165, 1.54) is 10.5 Å². The van der Waals surface area contributed by atoms with Crippen LogP contribution in [-0.4, -0.2) is 50.1 Å². The lowest BCUT2D eigenvalue weighted by Crippen LogP contribution is -2.44. The van der Waals surface area contributed by atoms with Gasteiger partial charge in [0.25, 0.3) is 5.91 Å². The molecule has 0 atom stereocenters. The molecule has 1 amide bonds. The minimum Gasteiger partial charge on any atom is -0.352 e. The predicted molar refractivity (Wildman–Crippen MR) is 116 cm³/mol. The summed E-state index contributed by atoms with van der Waals surface area (Å²) in [5.41, 5.74) is 2.04. The van der Waals surface area contributed by atoms with Crippen molar-refractivity contribution in [1.82, 2.24) is 15.5 Å². The van der Waals surface area contributed by atoms with Gasteiger partial charge in [0.05, 0.1) is 0 Å². The maximum absolute atomic E-state index is 12.2. The third-order valence-corrected chi connectivity index (χ3v) is 5.59. The zero-order valence-corrected chi connectivity index (χ0v) is 17.2. The highest BCUT2D eigenvalue weighted by atomic mass is 35.5. The van der Waals surface area contributed by atoms with Gasteiger partial charge >= 0.3 is 0 Å². The summed E-state index contributed by atoms with van der Waals surface area (Å²) in [7, 11) is 0. The Bertz CT molecular complexity index is 676. The number of nitrogens with one attached hydrogen (secondary N) is 2. The molecule has 0 spiro atoms. The van der Waals surface area contributed by atoms with Crippen molar-refractivity contribution in [3.05, 3.63) is 65.7 Å². The molecule has 27 heavy (non-hydrogen) atoms. The summed E-state index contributed by atoms with van der Waals surface area (Å²) in [6, 6.07) is 18.3. The van der Waals surface area contributed by atoms with Crippen LogP contribution in [0.15, 0.2) is 59.5 Å². The van der Waals surface area contributed by atoms with E-state index in [9.17, 15) is 4.79 Å². The van der Waals surface area contributed by atoms with Crippen molar-refractivity contribution in [2.75, 3.05) is 39.3 Å². The molecule has 0 saturated carbocycles. The second-order valence-electron chi connectivity index (χ2n) is 6.50. The van der Waals surface area contributed by atoms with Gasteiger partial charge in [-0.25, -0.2) is 0 Å². The van der Waals surface area contributed by atoms with Gasteiger partial charge in [0.1, 0.15) is 0 Å². The van der Waals surface area contributed by atoms with Crippen LogP contribution in [0.1, 0.15) is 22.3 Å². The molecule has 0 bridgehead atoms. The average Bonchev–Trinajstić information content (AvgIpc) is 2.71. The van der Waals surface area contributed by atoms with E-state index in [1.807, 2.05) is 30.3 Å². The van der Waals surface area contributed by atoms with E-state index in [4.69, 9.17) is 0 Å². The van der Waals surface area contributed by atoms with E-state index >= 15 is 0 Å².